The molecule has 1 unspecified atom stereocenters. The maximum absolute atomic E-state index is 10.4. The molecular formula is C7H16N2O3. The van der Waals surface area contributed by atoms with Crippen molar-refractivity contribution in [3.05, 3.63) is 0 Å². The molecule has 0 saturated carbocycles. The summed E-state index contributed by atoms with van der Waals surface area (Å²) in [5.41, 5.74) is 5.08. The second-order valence-corrected chi connectivity index (χ2v) is 2.68. The first-order valence-electron chi connectivity index (χ1n) is 3.91. The van der Waals surface area contributed by atoms with Gasteiger partial charge < -0.3 is 21.3 Å². The number of nitrogens with two attached hydrogens (primary N) is 1. The zero-order valence-corrected chi connectivity index (χ0v) is 7.16. The molecule has 0 heterocycles. The van der Waals surface area contributed by atoms with Crippen LogP contribution in [0.25, 0.3) is 0 Å². The molecule has 5 nitrogen and oxygen atoms in total. The Morgan fingerprint density at radius 3 is 2.50 bits per heavy atom. The monoisotopic (exact) mass is 176 g/mol. The zero-order valence-electron chi connectivity index (χ0n) is 7.16. The fourth-order valence-corrected chi connectivity index (χ4v) is 0.922. The highest BCUT2D eigenvalue weighted by atomic mass is 16.4. The van der Waals surface area contributed by atoms with Gasteiger partial charge in [0, 0.05) is 0 Å². The van der Waals surface area contributed by atoms with Crippen LogP contribution in [-0.2, 0) is 4.79 Å². The Kier molecular flexibility index (Phi) is 5.61. The van der Waals surface area contributed by atoms with E-state index >= 15 is 0 Å². The van der Waals surface area contributed by atoms with Crippen molar-refractivity contribution in [2.24, 2.45) is 5.73 Å². The van der Waals surface area contributed by atoms with E-state index in [-0.39, 0.29) is 0 Å². The van der Waals surface area contributed by atoms with Crippen LogP contribution in [0.15, 0.2) is 0 Å². The van der Waals surface area contributed by atoms with E-state index in [1.807, 2.05) is 0 Å². The summed E-state index contributed by atoms with van der Waals surface area (Å²) in [5.74, 6) is -0.871. The van der Waals surface area contributed by atoms with Crippen molar-refractivity contribution >= 4 is 5.97 Å². The highest BCUT2D eigenvalue weighted by Gasteiger charge is 2.13. The molecule has 0 aliphatic rings. The van der Waals surface area contributed by atoms with Gasteiger partial charge in [-0.2, -0.15) is 0 Å². The van der Waals surface area contributed by atoms with Gasteiger partial charge in [0.25, 0.3) is 0 Å². The van der Waals surface area contributed by atoms with Crippen LogP contribution in [0.3, 0.4) is 0 Å². The topological polar surface area (TPSA) is 95.6 Å². The van der Waals surface area contributed by atoms with Crippen molar-refractivity contribution in [2.75, 3.05) is 7.05 Å². The van der Waals surface area contributed by atoms with Gasteiger partial charge in [0.1, 0.15) is 12.3 Å². The SMILES string of the molecule is CN[C@@H](CCCC(N)O)C(=O)O. The normalized spacial score (nSPS) is 15.6. The van der Waals surface area contributed by atoms with Crippen LogP contribution in [0, 0.1) is 0 Å². The van der Waals surface area contributed by atoms with Gasteiger partial charge in [-0.1, -0.05) is 0 Å². The van der Waals surface area contributed by atoms with Crippen LogP contribution in [0.2, 0.25) is 0 Å². The van der Waals surface area contributed by atoms with Gasteiger partial charge in [0.15, 0.2) is 0 Å². The molecule has 0 aromatic carbocycles. The lowest BCUT2D eigenvalue weighted by molar-refractivity contribution is -0.139. The van der Waals surface area contributed by atoms with Crippen molar-refractivity contribution in [1.29, 1.82) is 0 Å². The van der Waals surface area contributed by atoms with Crippen LogP contribution in [0.4, 0.5) is 0 Å². The molecule has 5 N–H and O–H groups in total. The molecule has 2 atom stereocenters. The smallest absolute Gasteiger partial charge is 0.320 e. The molecule has 72 valence electrons. The van der Waals surface area contributed by atoms with E-state index in [0.717, 1.165) is 0 Å². The highest BCUT2D eigenvalue weighted by Crippen LogP contribution is 2.01. The van der Waals surface area contributed by atoms with E-state index in [1.54, 1.807) is 7.05 Å². The maximum atomic E-state index is 10.4. The zero-order chi connectivity index (χ0) is 9.56. The van der Waals surface area contributed by atoms with E-state index < -0.39 is 18.2 Å². The molecule has 0 radical (unpaired) electrons. The molecular weight excluding hydrogens is 160 g/mol. The van der Waals surface area contributed by atoms with Crippen molar-refractivity contribution in [2.45, 2.75) is 31.5 Å². The Morgan fingerprint density at radius 2 is 2.17 bits per heavy atom. The minimum Gasteiger partial charge on any atom is -0.480 e. The third kappa shape index (κ3) is 5.06. The molecule has 0 amide bonds. The number of hydrogen-bond donors (Lipinski definition) is 4. The predicted molar refractivity (Wildman–Crippen MR) is 44.5 cm³/mol. The lowest BCUT2D eigenvalue weighted by atomic mass is 10.1. The van der Waals surface area contributed by atoms with Crippen LogP contribution >= 0.6 is 0 Å². The average Bonchev–Trinajstić information content (AvgIpc) is 1.96. The summed E-state index contributed by atoms with van der Waals surface area (Å²) >= 11 is 0. The Morgan fingerprint density at radius 1 is 1.58 bits per heavy atom. The predicted octanol–water partition coefficient (Wildman–Crippen LogP) is -0.894. The van der Waals surface area contributed by atoms with Gasteiger partial charge >= 0.3 is 5.97 Å². The Labute approximate surface area is 71.6 Å². The van der Waals surface area contributed by atoms with Crippen LogP contribution < -0.4 is 11.1 Å². The molecule has 0 spiro atoms. The van der Waals surface area contributed by atoms with Gasteiger partial charge in [-0.15, -0.1) is 0 Å². The molecule has 0 saturated heterocycles. The van der Waals surface area contributed by atoms with Crippen LogP contribution in [0.5, 0.6) is 0 Å². The van der Waals surface area contributed by atoms with E-state index in [0.29, 0.717) is 19.3 Å². The first kappa shape index (κ1) is 11.4. The summed E-state index contributed by atoms with van der Waals surface area (Å²) in [6.07, 6.45) is 0.692. The number of aliphatic carboxylic acids is 1. The number of carbonyl (C=O) groups is 1. The number of likely N-dealkylation sites (N-methyl/N-ethyl adjacent to an activating group) is 1. The Hall–Kier alpha value is -0.650. The van der Waals surface area contributed by atoms with Crippen LogP contribution in [0.1, 0.15) is 19.3 Å². The molecule has 12 heavy (non-hydrogen) atoms. The number of carboxylic acids is 1. The number of nitrogens with one attached hydrogen (secondary N) is 1. The largest absolute Gasteiger partial charge is 0.480 e. The second kappa shape index (κ2) is 5.93. The number of carboxylic acid groups (broad SMARTS) is 1. The van der Waals surface area contributed by atoms with Crippen molar-refractivity contribution in [3.63, 3.8) is 0 Å². The fourth-order valence-electron chi connectivity index (χ4n) is 0.922. The lowest BCUT2D eigenvalue weighted by Gasteiger charge is -2.10. The number of aliphatic hydroxyl groups excluding tert-OH is 1. The lowest BCUT2D eigenvalue weighted by Crippen LogP contribution is -2.34. The van der Waals surface area contributed by atoms with E-state index in [4.69, 9.17) is 15.9 Å². The van der Waals surface area contributed by atoms with Gasteiger partial charge in [-0.05, 0) is 26.3 Å². The summed E-state index contributed by atoms with van der Waals surface area (Å²) in [6, 6.07) is -0.538. The molecule has 0 aromatic rings. The Balaban J connectivity index is 3.52. The van der Waals surface area contributed by atoms with Gasteiger partial charge in [-0.3, -0.25) is 4.79 Å². The van der Waals surface area contributed by atoms with E-state index in [9.17, 15) is 4.79 Å². The Bertz CT molecular complexity index is 139. The first-order chi connectivity index (χ1) is 5.57. The van der Waals surface area contributed by atoms with Gasteiger partial charge in [0.05, 0.1) is 0 Å². The third-order valence-electron chi connectivity index (χ3n) is 1.64. The first-order valence-corrected chi connectivity index (χ1v) is 3.91. The van der Waals surface area contributed by atoms with Crippen molar-refractivity contribution in [1.82, 2.24) is 5.32 Å². The number of aliphatic hydroxyl groups is 1. The van der Waals surface area contributed by atoms with E-state index in [2.05, 4.69) is 5.32 Å². The number of hydrogen-bond acceptors (Lipinski definition) is 4. The summed E-state index contributed by atoms with van der Waals surface area (Å²) in [6.45, 7) is 0. The molecule has 0 fully saturated rings. The maximum Gasteiger partial charge on any atom is 0.320 e. The van der Waals surface area contributed by atoms with Crippen LogP contribution in [-0.4, -0.2) is 35.5 Å². The molecule has 0 bridgehead atoms. The summed E-state index contributed by atoms with van der Waals surface area (Å²) in [5, 5.41) is 19.9. The van der Waals surface area contributed by atoms with Gasteiger partial charge in [-0.25, -0.2) is 0 Å². The highest BCUT2D eigenvalue weighted by molar-refractivity contribution is 5.73. The second-order valence-electron chi connectivity index (χ2n) is 2.68. The van der Waals surface area contributed by atoms with Crippen molar-refractivity contribution < 1.29 is 15.0 Å². The number of rotatable bonds is 6. The average molecular weight is 176 g/mol. The molecule has 5 heteroatoms. The van der Waals surface area contributed by atoms with Crippen molar-refractivity contribution in [3.8, 4) is 0 Å². The van der Waals surface area contributed by atoms with Gasteiger partial charge in [0.2, 0.25) is 0 Å². The molecule has 0 aliphatic heterocycles. The molecule has 0 rings (SSSR count). The molecule has 0 aromatic heterocycles. The standard InChI is InChI=1S/C7H16N2O3/c1-9-5(7(11)12)3-2-4-6(8)10/h5-6,9-10H,2-4,8H2,1H3,(H,11,12)/t5-,6?/m0/s1. The fraction of sp³-hybridized carbons (Fsp3) is 0.857. The van der Waals surface area contributed by atoms with E-state index in [1.165, 1.54) is 0 Å². The summed E-state index contributed by atoms with van der Waals surface area (Å²) < 4.78 is 0. The third-order valence-corrected chi connectivity index (χ3v) is 1.64. The summed E-state index contributed by atoms with van der Waals surface area (Å²) in [4.78, 5) is 10.4. The minimum atomic E-state index is -0.871. The quantitative estimate of drug-likeness (QED) is 0.394. The minimum absolute atomic E-state index is 0.436. The molecule has 0 aliphatic carbocycles. The summed E-state index contributed by atoms with van der Waals surface area (Å²) in [7, 11) is 1.59.